The van der Waals surface area contributed by atoms with Crippen LogP contribution in [0.25, 0.3) is 10.9 Å². The number of hydrogen-bond acceptors (Lipinski definition) is 5. The number of nitrogens with one attached hydrogen (secondary N) is 2. The second-order valence-corrected chi connectivity index (χ2v) is 5.21. The monoisotopic (exact) mass is 343 g/mol. The Balaban J connectivity index is 2.01. The van der Waals surface area contributed by atoms with Crippen LogP contribution >= 0.6 is 15.9 Å². The van der Waals surface area contributed by atoms with Crippen molar-refractivity contribution in [3.05, 3.63) is 47.3 Å². The molecule has 0 unspecified atom stereocenters. The topological polar surface area (TPSA) is 62.7 Å². The van der Waals surface area contributed by atoms with E-state index in [0.29, 0.717) is 5.82 Å². The van der Waals surface area contributed by atoms with Gasteiger partial charge in [-0.15, -0.1) is 0 Å². The van der Waals surface area contributed by atoms with Crippen LogP contribution in [-0.4, -0.2) is 21.5 Å². The van der Waals surface area contributed by atoms with Crippen molar-refractivity contribution in [1.82, 2.24) is 15.0 Å². The van der Waals surface area contributed by atoms with Crippen LogP contribution < -0.4 is 10.6 Å². The lowest BCUT2D eigenvalue weighted by Crippen LogP contribution is -2.04. The molecule has 0 radical (unpaired) electrons. The number of halogens is 1. The van der Waals surface area contributed by atoms with Crippen LogP contribution in [0.15, 0.2) is 47.3 Å². The molecular formula is C15H14BrN5. The summed E-state index contributed by atoms with van der Waals surface area (Å²) in [6.45, 7) is 2.82. The van der Waals surface area contributed by atoms with Crippen molar-refractivity contribution >= 4 is 44.2 Å². The first-order valence-corrected chi connectivity index (χ1v) is 7.44. The van der Waals surface area contributed by atoms with Gasteiger partial charge >= 0.3 is 0 Å². The minimum Gasteiger partial charge on any atom is -0.369 e. The van der Waals surface area contributed by atoms with Crippen molar-refractivity contribution in [3.8, 4) is 0 Å². The molecule has 1 aromatic carbocycles. The third-order valence-corrected chi connectivity index (χ3v) is 3.77. The Hall–Kier alpha value is -2.21. The number of fused-ring (bicyclic) bond motifs is 1. The third-order valence-electron chi connectivity index (χ3n) is 3.02. The zero-order chi connectivity index (χ0) is 14.7. The summed E-state index contributed by atoms with van der Waals surface area (Å²) >= 11 is 3.53. The quantitative estimate of drug-likeness (QED) is 0.750. The molecule has 0 saturated heterocycles. The Kier molecular flexibility index (Phi) is 3.96. The van der Waals surface area contributed by atoms with Gasteiger partial charge in [-0.1, -0.05) is 18.2 Å². The standard InChI is InChI=1S/C15H14BrN5/c1-2-17-14-12(16)15(20-9-19-14)21-11-7-3-5-10-6-4-8-18-13(10)11/h3-9H,2H2,1H3,(H2,17,19,20,21). The highest BCUT2D eigenvalue weighted by Gasteiger charge is 2.10. The van der Waals surface area contributed by atoms with E-state index in [0.717, 1.165) is 33.4 Å². The van der Waals surface area contributed by atoms with Gasteiger partial charge in [0.05, 0.1) is 11.2 Å². The number of anilines is 3. The normalized spacial score (nSPS) is 10.6. The first-order chi connectivity index (χ1) is 10.3. The number of benzene rings is 1. The minimum absolute atomic E-state index is 0.708. The molecule has 2 heterocycles. The van der Waals surface area contributed by atoms with E-state index in [-0.39, 0.29) is 0 Å². The van der Waals surface area contributed by atoms with E-state index >= 15 is 0 Å². The minimum atomic E-state index is 0.708. The zero-order valence-corrected chi connectivity index (χ0v) is 13.1. The smallest absolute Gasteiger partial charge is 0.150 e. The fourth-order valence-electron chi connectivity index (χ4n) is 2.08. The maximum absolute atomic E-state index is 4.43. The molecule has 0 aliphatic carbocycles. The summed E-state index contributed by atoms with van der Waals surface area (Å²) in [4.78, 5) is 12.9. The highest BCUT2D eigenvalue weighted by atomic mass is 79.9. The summed E-state index contributed by atoms with van der Waals surface area (Å²) in [5, 5.41) is 7.58. The van der Waals surface area contributed by atoms with Crippen molar-refractivity contribution in [3.63, 3.8) is 0 Å². The third kappa shape index (κ3) is 2.80. The summed E-state index contributed by atoms with van der Waals surface area (Å²) < 4.78 is 0.805. The highest BCUT2D eigenvalue weighted by Crippen LogP contribution is 2.31. The summed E-state index contributed by atoms with van der Waals surface area (Å²) in [6, 6.07) is 9.97. The molecule has 6 heteroatoms. The number of hydrogen-bond donors (Lipinski definition) is 2. The van der Waals surface area contributed by atoms with Crippen LogP contribution in [0.2, 0.25) is 0 Å². The Bertz CT molecular complexity index is 770. The maximum atomic E-state index is 4.43. The van der Waals surface area contributed by atoms with Crippen molar-refractivity contribution in [2.75, 3.05) is 17.2 Å². The number of para-hydroxylation sites is 1. The van der Waals surface area contributed by atoms with Gasteiger partial charge in [0.15, 0.2) is 0 Å². The summed E-state index contributed by atoms with van der Waals surface area (Å²) in [5.41, 5.74) is 1.82. The van der Waals surface area contributed by atoms with E-state index in [1.165, 1.54) is 6.33 Å². The first-order valence-electron chi connectivity index (χ1n) is 6.64. The molecule has 21 heavy (non-hydrogen) atoms. The molecule has 3 aromatic rings. The fourth-order valence-corrected chi connectivity index (χ4v) is 2.52. The molecule has 2 N–H and O–H groups in total. The first kappa shape index (κ1) is 13.8. The number of nitrogens with zero attached hydrogens (tertiary/aromatic N) is 3. The SMILES string of the molecule is CCNc1ncnc(Nc2cccc3cccnc23)c1Br. The average Bonchev–Trinajstić information content (AvgIpc) is 2.52. The van der Waals surface area contributed by atoms with Crippen LogP contribution in [0.4, 0.5) is 17.3 Å². The van der Waals surface area contributed by atoms with E-state index < -0.39 is 0 Å². The Morgan fingerprint density at radius 3 is 2.71 bits per heavy atom. The Morgan fingerprint density at radius 1 is 1.05 bits per heavy atom. The van der Waals surface area contributed by atoms with Gasteiger partial charge < -0.3 is 10.6 Å². The molecule has 0 amide bonds. The molecule has 0 aliphatic heterocycles. The second-order valence-electron chi connectivity index (χ2n) is 4.42. The van der Waals surface area contributed by atoms with Gasteiger partial charge in [0.1, 0.15) is 22.4 Å². The van der Waals surface area contributed by atoms with Gasteiger partial charge in [-0.25, -0.2) is 9.97 Å². The molecule has 0 bridgehead atoms. The number of aromatic nitrogens is 3. The van der Waals surface area contributed by atoms with Crippen LogP contribution in [0.5, 0.6) is 0 Å². The van der Waals surface area contributed by atoms with Crippen molar-refractivity contribution < 1.29 is 0 Å². The molecule has 0 atom stereocenters. The molecule has 0 saturated carbocycles. The lowest BCUT2D eigenvalue weighted by Gasteiger charge is -2.12. The van der Waals surface area contributed by atoms with Crippen LogP contribution in [0.1, 0.15) is 6.92 Å². The lowest BCUT2D eigenvalue weighted by atomic mass is 10.2. The van der Waals surface area contributed by atoms with E-state index in [9.17, 15) is 0 Å². The predicted octanol–water partition coefficient (Wildman–Crippen LogP) is 3.96. The van der Waals surface area contributed by atoms with Gasteiger partial charge in [0.2, 0.25) is 0 Å². The Morgan fingerprint density at radius 2 is 1.86 bits per heavy atom. The molecule has 3 rings (SSSR count). The summed E-state index contributed by atoms with van der Waals surface area (Å²) in [5.74, 6) is 1.47. The average molecular weight is 344 g/mol. The van der Waals surface area contributed by atoms with Crippen molar-refractivity contribution in [2.24, 2.45) is 0 Å². The van der Waals surface area contributed by atoms with Gasteiger partial charge in [-0.05, 0) is 35.0 Å². The van der Waals surface area contributed by atoms with Gasteiger partial charge in [0.25, 0.3) is 0 Å². The molecule has 5 nitrogen and oxygen atoms in total. The van der Waals surface area contributed by atoms with E-state index in [1.54, 1.807) is 6.20 Å². The molecule has 2 aromatic heterocycles. The van der Waals surface area contributed by atoms with E-state index in [1.807, 2.05) is 37.3 Å². The Labute approximate surface area is 131 Å². The summed E-state index contributed by atoms with van der Waals surface area (Å²) in [6.07, 6.45) is 3.32. The highest BCUT2D eigenvalue weighted by molar-refractivity contribution is 9.10. The number of rotatable bonds is 4. The number of pyridine rings is 1. The largest absolute Gasteiger partial charge is 0.369 e. The van der Waals surface area contributed by atoms with Gasteiger partial charge in [-0.2, -0.15) is 0 Å². The predicted molar refractivity (Wildman–Crippen MR) is 88.9 cm³/mol. The molecule has 0 spiro atoms. The molecule has 106 valence electrons. The van der Waals surface area contributed by atoms with E-state index in [2.05, 4.69) is 41.5 Å². The van der Waals surface area contributed by atoms with Crippen LogP contribution in [0.3, 0.4) is 0 Å². The van der Waals surface area contributed by atoms with Crippen molar-refractivity contribution in [2.45, 2.75) is 6.92 Å². The molecule has 0 fully saturated rings. The van der Waals surface area contributed by atoms with Crippen LogP contribution in [0, 0.1) is 0 Å². The van der Waals surface area contributed by atoms with Gasteiger partial charge in [-0.3, -0.25) is 4.98 Å². The fraction of sp³-hybridized carbons (Fsp3) is 0.133. The maximum Gasteiger partial charge on any atom is 0.150 e. The van der Waals surface area contributed by atoms with Gasteiger partial charge in [0, 0.05) is 18.1 Å². The van der Waals surface area contributed by atoms with Crippen molar-refractivity contribution in [1.29, 1.82) is 0 Å². The summed E-state index contributed by atoms with van der Waals surface area (Å²) in [7, 11) is 0. The molecule has 0 aliphatic rings. The lowest BCUT2D eigenvalue weighted by molar-refractivity contribution is 1.10. The van der Waals surface area contributed by atoms with E-state index in [4.69, 9.17) is 0 Å². The second kappa shape index (κ2) is 6.05. The zero-order valence-electron chi connectivity index (χ0n) is 11.5. The molecular weight excluding hydrogens is 330 g/mol. The van der Waals surface area contributed by atoms with Crippen LogP contribution in [-0.2, 0) is 0 Å².